The lowest BCUT2D eigenvalue weighted by molar-refractivity contribution is -0.143. The Hall–Kier alpha value is -2.31. The second-order valence-corrected chi connectivity index (χ2v) is 4.41. The highest BCUT2D eigenvalue weighted by atomic mass is 19.4. The topological polar surface area (TPSA) is 55.1 Å². The molecular weight excluding hydrogens is 273 g/mol. The van der Waals surface area contributed by atoms with Gasteiger partial charge in [0.2, 0.25) is 0 Å². The third-order valence-corrected chi connectivity index (χ3v) is 2.85. The van der Waals surface area contributed by atoms with Gasteiger partial charge in [0.25, 0.3) is 0 Å². The van der Waals surface area contributed by atoms with Gasteiger partial charge < -0.3 is 5.11 Å². The minimum atomic E-state index is -4.80. The molecule has 0 spiro atoms. The van der Waals surface area contributed by atoms with Crippen LogP contribution in [0, 0.1) is 13.8 Å². The molecule has 0 atom stereocenters. The van der Waals surface area contributed by atoms with Crippen molar-refractivity contribution in [2.24, 2.45) is 0 Å². The summed E-state index contributed by atoms with van der Waals surface area (Å²) in [6, 6.07) is 4.83. The third kappa shape index (κ3) is 2.38. The molecule has 2 aromatic rings. The maximum Gasteiger partial charge on any atom is 0.434 e. The average molecular weight is 284 g/mol. The standard InChI is InChI=1S/C13H11F3N2O2/c1-7-3-4-10(8(2)5-7)18-11(13(14,15)16)9(6-17-18)12(19)20/h3-6H,1-2H3,(H,19,20). The lowest BCUT2D eigenvalue weighted by atomic mass is 10.1. The Morgan fingerprint density at radius 3 is 2.45 bits per heavy atom. The van der Waals surface area contributed by atoms with E-state index in [2.05, 4.69) is 5.10 Å². The van der Waals surface area contributed by atoms with Crippen LogP contribution in [0.5, 0.6) is 0 Å². The quantitative estimate of drug-likeness (QED) is 0.921. The van der Waals surface area contributed by atoms with Crippen molar-refractivity contribution >= 4 is 5.97 Å². The first-order valence-electron chi connectivity index (χ1n) is 5.68. The molecule has 0 fully saturated rings. The van der Waals surface area contributed by atoms with E-state index in [0.29, 0.717) is 16.4 Å². The van der Waals surface area contributed by atoms with Gasteiger partial charge in [-0.05, 0) is 25.5 Å². The van der Waals surface area contributed by atoms with E-state index < -0.39 is 23.4 Å². The summed E-state index contributed by atoms with van der Waals surface area (Å²) in [5, 5.41) is 12.4. The molecule has 1 N–H and O–H groups in total. The number of halogens is 3. The number of hydrogen-bond donors (Lipinski definition) is 1. The monoisotopic (exact) mass is 284 g/mol. The molecule has 0 aliphatic rings. The van der Waals surface area contributed by atoms with E-state index in [1.165, 1.54) is 6.07 Å². The molecule has 0 aliphatic heterocycles. The highest BCUT2D eigenvalue weighted by molar-refractivity contribution is 5.89. The number of carboxylic acids is 1. The predicted octanol–water partition coefficient (Wildman–Crippen LogP) is 3.21. The maximum atomic E-state index is 13.1. The zero-order chi connectivity index (χ0) is 15.1. The second-order valence-electron chi connectivity index (χ2n) is 4.41. The molecule has 2 rings (SSSR count). The Morgan fingerprint density at radius 2 is 1.95 bits per heavy atom. The second kappa shape index (κ2) is 4.66. The van der Waals surface area contributed by atoms with Gasteiger partial charge in [0, 0.05) is 0 Å². The smallest absolute Gasteiger partial charge is 0.434 e. The molecule has 4 nitrogen and oxygen atoms in total. The third-order valence-electron chi connectivity index (χ3n) is 2.85. The minimum absolute atomic E-state index is 0.204. The van der Waals surface area contributed by atoms with Crippen LogP contribution in [0.25, 0.3) is 5.69 Å². The van der Waals surface area contributed by atoms with Crippen LogP contribution in [0.2, 0.25) is 0 Å². The normalized spacial score (nSPS) is 11.7. The van der Waals surface area contributed by atoms with Gasteiger partial charge in [-0.3, -0.25) is 0 Å². The van der Waals surface area contributed by atoms with Gasteiger partial charge in [-0.1, -0.05) is 17.7 Å². The lowest BCUT2D eigenvalue weighted by Crippen LogP contribution is -2.17. The van der Waals surface area contributed by atoms with Crippen molar-refractivity contribution in [1.29, 1.82) is 0 Å². The number of alkyl halides is 3. The Labute approximate surface area is 112 Å². The highest BCUT2D eigenvalue weighted by Gasteiger charge is 2.40. The average Bonchev–Trinajstić information content (AvgIpc) is 2.73. The zero-order valence-electron chi connectivity index (χ0n) is 10.7. The molecule has 1 heterocycles. The van der Waals surface area contributed by atoms with Crippen LogP contribution in [0.15, 0.2) is 24.4 Å². The number of aryl methyl sites for hydroxylation is 2. The van der Waals surface area contributed by atoms with Crippen LogP contribution in [0.3, 0.4) is 0 Å². The zero-order valence-corrected chi connectivity index (χ0v) is 10.7. The van der Waals surface area contributed by atoms with Crippen molar-refractivity contribution in [3.8, 4) is 5.69 Å². The maximum absolute atomic E-state index is 13.1. The van der Waals surface area contributed by atoms with Gasteiger partial charge in [0.15, 0.2) is 5.69 Å². The van der Waals surface area contributed by atoms with Crippen molar-refractivity contribution in [2.75, 3.05) is 0 Å². The van der Waals surface area contributed by atoms with Crippen molar-refractivity contribution in [3.05, 3.63) is 46.8 Å². The molecule has 20 heavy (non-hydrogen) atoms. The first-order valence-corrected chi connectivity index (χ1v) is 5.68. The van der Waals surface area contributed by atoms with Gasteiger partial charge >= 0.3 is 12.1 Å². The molecule has 0 saturated carbocycles. The summed E-state index contributed by atoms with van der Waals surface area (Å²) in [5.41, 5.74) is -0.467. The fourth-order valence-electron chi connectivity index (χ4n) is 2.00. The van der Waals surface area contributed by atoms with Gasteiger partial charge in [0.1, 0.15) is 5.56 Å². The van der Waals surface area contributed by atoms with E-state index in [1.54, 1.807) is 19.1 Å². The Morgan fingerprint density at radius 1 is 1.30 bits per heavy atom. The number of carboxylic acid groups (broad SMARTS) is 1. The molecule has 106 valence electrons. The molecule has 0 amide bonds. The molecule has 0 radical (unpaired) electrons. The van der Waals surface area contributed by atoms with Crippen LogP contribution in [0.4, 0.5) is 13.2 Å². The van der Waals surface area contributed by atoms with Crippen molar-refractivity contribution in [1.82, 2.24) is 9.78 Å². The number of hydrogen-bond acceptors (Lipinski definition) is 2. The summed E-state index contributed by atoms with van der Waals surface area (Å²) in [7, 11) is 0. The van der Waals surface area contributed by atoms with E-state index in [0.717, 1.165) is 5.56 Å². The Balaban J connectivity index is 2.72. The van der Waals surface area contributed by atoms with Crippen LogP contribution in [-0.2, 0) is 6.18 Å². The summed E-state index contributed by atoms with van der Waals surface area (Å²) in [5.74, 6) is -1.66. The summed E-state index contributed by atoms with van der Waals surface area (Å²) in [6.07, 6.45) is -4.09. The van der Waals surface area contributed by atoms with E-state index in [9.17, 15) is 18.0 Å². The van der Waals surface area contributed by atoms with Crippen LogP contribution in [0.1, 0.15) is 27.2 Å². The minimum Gasteiger partial charge on any atom is -0.478 e. The van der Waals surface area contributed by atoms with E-state index >= 15 is 0 Å². The Kier molecular flexibility index (Phi) is 3.29. The fraction of sp³-hybridized carbons (Fsp3) is 0.231. The first-order chi connectivity index (χ1) is 9.21. The summed E-state index contributed by atoms with van der Waals surface area (Å²) in [4.78, 5) is 10.9. The molecular formula is C13H11F3N2O2. The largest absolute Gasteiger partial charge is 0.478 e. The highest BCUT2D eigenvalue weighted by Crippen LogP contribution is 2.34. The number of carbonyl (C=O) groups is 1. The predicted molar refractivity (Wildman–Crippen MR) is 65.0 cm³/mol. The van der Waals surface area contributed by atoms with Crippen LogP contribution < -0.4 is 0 Å². The number of rotatable bonds is 2. The Bertz CT molecular complexity index is 675. The van der Waals surface area contributed by atoms with E-state index in [-0.39, 0.29) is 5.69 Å². The number of nitrogens with zero attached hydrogens (tertiary/aromatic N) is 2. The molecule has 0 unspecified atom stereocenters. The summed E-state index contributed by atoms with van der Waals surface area (Å²) < 4.78 is 39.8. The van der Waals surface area contributed by atoms with Crippen LogP contribution >= 0.6 is 0 Å². The molecule has 1 aromatic heterocycles. The van der Waals surface area contributed by atoms with Gasteiger partial charge in [-0.25, -0.2) is 9.48 Å². The van der Waals surface area contributed by atoms with E-state index in [4.69, 9.17) is 5.11 Å². The van der Waals surface area contributed by atoms with Gasteiger partial charge in [-0.2, -0.15) is 18.3 Å². The molecule has 0 aliphatic carbocycles. The molecule has 1 aromatic carbocycles. The number of aromatic nitrogens is 2. The van der Waals surface area contributed by atoms with Crippen molar-refractivity contribution in [2.45, 2.75) is 20.0 Å². The first kappa shape index (κ1) is 14.1. The molecule has 7 heteroatoms. The summed E-state index contributed by atoms with van der Waals surface area (Å²) >= 11 is 0. The molecule has 0 bridgehead atoms. The van der Waals surface area contributed by atoms with E-state index in [1.807, 2.05) is 6.92 Å². The van der Waals surface area contributed by atoms with Gasteiger partial charge in [-0.15, -0.1) is 0 Å². The SMILES string of the molecule is Cc1ccc(-n2ncc(C(=O)O)c2C(F)(F)F)c(C)c1. The molecule has 0 saturated heterocycles. The van der Waals surface area contributed by atoms with Crippen molar-refractivity contribution < 1.29 is 23.1 Å². The summed E-state index contributed by atoms with van der Waals surface area (Å²) in [6.45, 7) is 3.46. The lowest BCUT2D eigenvalue weighted by Gasteiger charge is -2.13. The number of aromatic carboxylic acids is 1. The van der Waals surface area contributed by atoms with Crippen LogP contribution in [-0.4, -0.2) is 20.9 Å². The van der Waals surface area contributed by atoms with Gasteiger partial charge in [0.05, 0.1) is 11.9 Å². The fourth-order valence-corrected chi connectivity index (χ4v) is 2.00. The number of benzene rings is 1. The van der Waals surface area contributed by atoms with Crippen molar-refractivity contribution in [3.63, 3.8) is 0 Å².